The number of pyridine rings is 1. The number of carbonyl (C=O) groups excluding carboxylic acids is 1. The number of fused-ring (bicyclic) bond motifs is 1. The van der Waals surface area contributed by atoms with E-state index in [2.05, 4.69) is 0 Å². The number of hydrogen-bond acceptors (Lipinski definition) is 1. The molecule has 5 heteroatoms. The van der Waals surface area contributed by atoms with E-state index in [-0.39, 0.29) is 0 Å². The van der Waals surface area contributed by atoms with E-state index in [0.717, 1.165) is 23.2 Å². The van der Waals surface area contributed by atoms with Gasteiger partial charge in [0.05, 0.1) is 11.3 Å². The highest BCUT2D eigenvalue weighted by molar-refractivity contribution is 5.90. The van der Waals surface area contributed by atoms with Gasteiger partial charge in [-0.3, -0.25) is 4.79 Å². The first-order chi connectivity index (χ1) is 10.4. The van der Waals surface area contributed by atoms with Gasteiger partial charge >= 0.3 is 6.18 Å². The molecule has 3 aromatic rings. The van der Waals surface area contributed by atoms with E-state index in [9.17, 15) is 18.0 Å². The predicted molar refractivity (Wildman–Crippen MR) is 78.0 cm³/mol. The average Bonchev–Trinajstić information content (AvgIpc) is 2.84. The van der Waals surface area contributed by atoms with Crippen LogP contribution >= 0.6 is 0 Å². The molecule has 0 aliphatic heterocycles. The van der Waals surface area contributed by atoms with Gasteiger partial charge in [0.1, 0.15) is 0 Å². The standard InChI is InChI=1S/C17H12F3NO/c1-11-5-6-14-8-15(16(10-22)21(14)9-11)12-3-2-4-13(7-12)17(18,19)20/h2-10H,1H3. The van der Waals surface area contributed by atoms with Crippen molar-refractivity contribution in [2.24, 2.45) is 0 Å². The lowest BCUT2D eigenvalue weighted by Crippen LogP contribution is -2.04. The van der Waals surface area contributed by atoms with Gasteiger partial charge < -0.3 is 4.40 Å². The Morgan fingerprint density at radius 1 is 1.09 bits per heavy atom. The second-order valence-corrected chi connectivity index (χ2v) is 5.14. The average molecular weight is 303 g/mol. The number of carbonyl (C=O) groups is 1. The van der Waals surface area contributed by atoms with Gasteiger partial charge in [-0.1, -0.05) is 18.2 Å². The summed E-state index contributed by atoms with van der Waals surface area (Å²) in [6.07, 6.45) is -1.95. The van der Waals surface area contributed by atoms with Gasteiger partial charge in [0.2, 0.25) is 0 Å². The highest BCUT2D eigenvalue weighted by atomic mass is 19.4. The van der Waals surface area contributed by atoms with E-state index in [1.807, 2.05) is 19.1 Å². The minimum absolute atomic E-state index is 0.345. The molecule has 3 rings (SSSR count). The Hall–Kier alpha value is -2.56. The zero-order valence-corrected chi connectivity index (χ0v) is 11.7. The molecule has 0 N–H and O–H groups in total. The van der Waals surface area contributed by atoms with Gasteiger partial charge in [-0.2, -0.15) is 13.2 Å². The normalized spacial score (nSPS) is 11.8. The topological polar surface area (TPSA) is 21.5 Å². The first kappa shape index (κ1) is 14.4. The third kappa shape index (κ3) is 2.39. The van der Waals surface area contributed by atoms with Crippen LogP contribution in [0.5, 0.6) is 0 Å². The Morgan fingerprint density at radius 2 is 1.86 bits per heavy atom. The van der Waals surface area contributed by atoms with E-state index in [0.29, 0.717) is 23.1 Å². The smallest absolute Gasteiger partial charge is 0.313 e. The van der Waals surface area contributed by atoms with Crippen molar-refractivity contribution in [3.05, 3.63) is 65.5 Å². The Balaban J connectivity index is 2.24. The fraction of sp³-hybridized carbons (Fsp3) is 0.118. The van der Waals surface area contributed by atoms with Crippen LogP contribution in [0.1, 0.15) is 21.6 Å². The third-order valence-corrected chi connectivity index (χ3v) is 3.57. The molecule has 0 amide bonds. The van der Waals surface area contributed by atoms with Crippen LogP contribution in [0.3, 0.4) is 0 Å². The number of halogens is 3. The lowest BCUT2D eigenvalue weighted by atomic mass is 10.0. The van der Waals surface area contributed by atoms with Gasteiger partial charge in [0, 0.05) is 17.3 Å². The number of rotatable bonds is 2. The molecule has 0 unspecified atom stereocenters. The fourth-order valence-electron chi connectivity index (χ4n) is 2.51. The first-order valence-corrected chi connectivity index (χ1v) is 6.64. The van der Waals surface area contributed by atoms with Gasteiger partial charge in [0.25, 0.3) is 0 Å². The minimum atomic E-state index is -4.41. The molecule has 0 fully saturated rings. The molecule has 22 heavy (non-hydrogen) atoms. The van der Waals surface area contributed by atoms with Crippen molar-refractivity contribution in [3.8, 4) is 11.1 Å². The summed E-state index contributed by atoms with van der Waals surface area (Å²) < 4.78 is 40.2. The maximum absolute atomic E-state index is 12.8. The molecular weight excluding hydrogens is 291 g/mol. The van der Waals surface area contributed by atoms with Crippen molar-refractivity contribution in [2.75, 3.05) is 0 Å². The zero-order chi connectivity index (χ0) is 15.9. The van der Waals surface area contributed by atoms with Crippen molar-refractivity contribution in [3.63, 3.8) is 0 Å². The van der Waals surface area contributed by atoms with Crippen molar-refractivity contribution < 1.29 is 18.0 Å². The Bertz CT molecular complexity index is 862. The summed E-state index contributed by atoms with van der Waals surface area (Å²) in [6.45, 7) is 1.89. The molecule has 0 saturated heterocycles. The van der Waals surface area contributed by atoms with Crippen LogP contribution in [0.15, 0.2) is 48.7 Å². The Labute approximate surface area is 124 Å². The molecule has 0 atom stereocenters. The van der Waals surface area contributed by atoms with Crippen LogP contribution in [0.4, 0.5) is 13.2 Å². The van der Waals surface area contributed by atoms with Crippen molar-refractivity contribution >= 4 is 11.8 Å². The van der Waals surface area contributed by atoms with Crippen LogP contribution in [0.25, 0.3) is 16.6 Å². The first-order valence-electron chi connectivity index (χ1n) is 6.64. The molecule has 1 aromatic carbocycles. The van der Waals surface area contributed by atoms with Crippen molar-refractivity contribution in [1.29, 1.82) is 0 Å². The molecule has 2 heterocycles. The summed E-state index contributed by atoms with van der Waals surface area (Å²) in [6, 6.07) is 10.4. The largest absolute Gasteiger partial charge is 0.416 e. The second kappa shape index (κ2) is 5.02. The van der Waals surface area contributed by atoms with Crippen LogP contribution in [0, 0.1) is 6.92 Å². The highest BCUT2D eigenvalue weighted by Crippen LogP contribution is 2.34. The maximum Gasteiger partial charge on any atom is 0.416 e. The van der Waals surface area contributed by atoms with E-state index in [1.54, 1.807) is 22.7 Å². The summed E-state index contributed by atoms with van der Waals surface area (Å²) in [4.78, 5) is 11.4. The van der Waals surface area contributed by atoms with Crippen molar-refractivity contribution in [2.45, 2.75) is 13.1 Å². The summed E-state index contributed by atoms with van der Waals surface area (Å²) in [5, 5.41) is 0. The number of nitrogens with zero attached hydrogens (tertiary/aromatic N) is 1. The molecular formula is C17H12F3NO. The van der Waals surface area contributed by atoms with Crippen LogP contribution in [-0.2, 0) is 6.18 Å². The number of aromatic nitrogens is 1. The fourth-order valence-corrected chi connectivity index (χ4v) is 2.51. The van der Waals surface area contributed by atoms with E-state index in [4.69, 9.17) is 0 Å². The van der Waals surface area contributed by atoms with Crippen LogP contribution < -0.4 is 0 Å². The van der Waals surface area contributed by atoms with Crippen molar-refractivity contribution in [1.82, 2.24) is 4.40 Å². The number of benzene rings is 1. The van der Waals surface area contributed by atoms with Gasteiger partial charge in [-0.05, 0) is 42.3 Å². The molecule has 0 aliphatic rings. The Kier molecular flexibility index (Phi) is 3.28. The number of alkyl halides is 3. The van der Waals surface area contributed by atoms with E-state index >= 15 is 0 Å². The molecule has 112 valence electrons. The summed E-state index contributed by atoms with van der Waals surface area (Å²) in [5.41, 5.74) is 2.21. The quantitative estimate of drug-likeness (QED) is 0.626. The van der Waals surface area contributed by atoms with E-state index in [1.165, 1.54) is 6.07 Å². The third-order valence-electron chi connectivity index (χ3n) is 3.57. The molecule has 0 spiro atoms. The van der Waals surface area contributed by atoms with Gasteiger partial charge in [-0.25, -0.2) is 0 Å². The molecule has 2 nitrogen and oxygen atoms in total. The number of hydrogen-bond donors (Lipinski definition) is 0. The monoisotopic (exact) mass is 303 g/mol. The summed E-state index contributed by atoms with van der Waals surface area (Å²) in [7, 11) is 0. The van der Waals surface area contributed by atoms with Gasteiger partial charge in [0.15, 0.2) is 6.29 Å². The number of aryl methyl sites for hydroxylation is 1. The van der Waals surface area contributed by atoms with Crippen LogP contribution in [0.2, 0.25) is 0 Å². The molecule has 0 radical (unpaired) electrons. The zero-order valence-electron chi connectivity index (χ0n) is 11.7. The lowest BCUT2D eigenvalue weighted by molar-refractivity contribution is -0.137. The molecule has 2 aromatic heterocycles. The molecule has 0 saturated carbocycles. The van der Waals surface area contributed by atoms with Crippen LogP contribution in [-0.4, -0.2) is 10.7 Å². The minimum Gasteiger partial charge on any atom is -0.313 e. The number of aldehydes is 1. The predicted octanol–water partition coefficient (Wildman–Crippen LogP) is 4.75. The lowest BCUT2D eigenvalue weighted by Gasteiger charge is -2.08. The van der Waals surface area contributed by atoms with E-state index < -0.39 is 11.7 Å². The summed E-state index contributed by atoms with van der Waals surface area (Å²) >= 11 is 0. The molecule has 0 bridgehead atoms. The SMILES string of the molecule is Cc1ccc2cc(-c3cccc(C(F)(F)F)c3)c(C=O)n2c1. The second-order valence-electron chi connectivity index (χ2n) is 5.14. The molecule has 0 aliphatic carbocycles. The summed E-state index contributed by atoms with van der Waals surface area (Å²) in [5.74, 6) is 0. The van der Waals surface area contributed by atoms with Gasteiger partial charge in [-0.15, -0.1) is 0 Å². The Morgan fingerprint density at radius 3 is 2.55 bits per heavy atom. The maximum atomic E-state index is 12.8. The highest BCUT2D eigenvalue weighted by Gasteiger charge is 2.30.